The lowest BCUT2D eigenvalue weighted by molar-refractivity contribution is -0.157. The van der Waals surface area contributed by atoms with Gasteiger partial charge in [-0.15, -0.1) is 13.2 Å². The molecule has 1 spiro atoms. The summed E-state index contributed by atoms with van der Waals surface area (Å²) >= 11 is 0. The third-order valence-corrected chi connectivity index (χ3v) is 8.99. The van der Waals surface area contributed by atoms with Crippen molar-refractivity contribution in [2.45, 2.75) is 107 Å². The number of aliphatic hydroxyl groups is 1. The van der Waals surface area contributed by atoms with E-state index in [4.69, 9.17) is 9.47 Å². The van der Waals surface area contributed by atoms with Crippen molar-refractivity contribution in [2.75, 3.05) is 19.8 Å². The summed E-state index contributed by atoms with van der Waals surface area (Å²) in [7, 11) is 0. The van der Waals surface area contributed by atoms with E-state index in [2.05, 4.69) is 13.2 Å². The number of hydrogen-bond acceptors (Lipinski definition) is 6. The molecule has 1 N–H and O–H groups in total. The van der Waals surface area contributed by atoms with Crippen molar-refractivity contribution < 1.29 is 29.0 Å². The topological polar surface area (TPSA) is 96.4 Å². The molecule has 4 aliphatic rings. The predicted molar refractivity (Wildman–Crippen MR) is 139 cm³/mol. The number of unbranched alkanes of at least 4 members (excludes halogenated alkanes) is 2. The number of allylic oxidation sites excluding steroid dienone is 1. The SMILES string of the molecule is C=CCCCCOC(=O)[C@@H]1[C@H]2C(=O)N([C@@H](CC)CO)C(C(=O)N(CC=C)C3CCCCC3)C23CC[C@H]1O3. The largest absolute Gasteiger partial charge is 0.465 e. The number of amides is 2. The van der Waals surface area contributed by atoms with E-state index in [0.29, 0.717) is 32.4 Å². The van der Waals surface area contributed by atoms with Crippen molar-refractivity contribution in [3.63, 3.8) is 0 Å². The summed E-state index contributed by atoms with van der Waals surface area (Å²) in [4.78, 5) is 45.2. The molecule has 3 heterocycles. The number of carbonyl (C=O) groups excluding carboxylic acids is 3. The molecule has 3 aliphatic heterocycles. The first-order valence-corrected chi connectivity index (χ1v) is 14.2. The third-order valence-electron chi connectivity index (χ3n) is 8.99. The Kier molecular flexibility index (Phi) is 9.11. The molecule has 0 radical (unpaired) electrons. The van der Waals surface area contributed by atoms with Gasteiger partial charge < -0.3 is 24.4 Å². The lowest BCUT2D eigenvalue weighted by Crippen LogP contribution is -2.60. The fourth-order valence-electron chi connectivity index (χ4n) is 7.21. The highest BCUT2D eigenvalue weighted by Gasteiger charge is 2.75. The first-order valence-electron chi connectivity index (χ1n) is 14.2. The van der Waals surface area contributed by atoms with Crippen LogP contribution in [0.5, 0.6) is 0 Å². The Labute approximate surface area is 221 Å². The Balaban J connectivity index is 1.64. The summed E-state index contributed by atoms with van der Waals surface area (Å²) in [5, 5.41) is 10.2. The van der Waals surface area contributed by atoms with Crippen molar-refractivity contribution in [2.24, 2.45) is 11.8 Å². The predicted octanol–water partition coefficient (Wildman–Crippen LogP) is 3.38. The van der Waals surface area contributed by atoms with Gasteiger partial charge in [0.05, 0.1) is 37.2 Å². The zero-order valence-corrected chi connectivity index (χ0v) is 22.3. The van der Waals surface area contributed by atoms with Crippen molar-refractivity contribution >= 4 is 17.8 Å². The van der Waals surface area contributed by atoms with E-state index in [1.807, 2.05) is 17.9 Å². The first kappa shape index (κ1) is 27.8. The van der Waals surface area contributed by atoms with Crippen LogP contribution in [0.25, 0.3) is 0 Å². The second-order valence-corrected chi connectivity index (χ2v) is 11.1. The van der Waals surface area contributed by atoms with E-state index in [1.165, 1.54) is 0 Å². The molecule has 0 aromatic rings. The molecular weight excluding hydrogens is 472 g/mol. The Morgan fingerprint density at radius 1 is 1.22 bits per heavy atom. The second-order valence-electron chi connectivity index (χ2n) is 11.1. The molecule has 4 rings (SSSR count). The molecule has 206 valence electrons. The van der Waals surface area contributed by atoms with Gasteiger partial charge in [-0.3, -0.25) is 14.4 Å². The highest BCUT2D eigenvalue weighted by atomic mass is 16.6. The number of rotatable bonds is 13. The average Bonchev–Trinajstić information content (AvgIpc) is 3.56. The Morgan fingerprint density at radius 2 is 1.97 bits per heavy atom. The number of esters is 1. The maximum atomic E-state index is 14.4. The highest BCUT2D eigenvalue weighted by Crippen LogP contribution is 2.59. The number of carbonyl (C=O) groups is 3. The van der Waals surface area contributed by atoms with Gasteiger partial charge in [-0.25, -0.2) is 0 Å². The normalized spacial score (nSPS) is 31.7. The van der Waals surface area contributed by atoms with Crippen molar-refractivity contribution in [3.8, 4) is 0 Å². The summed E-state index contributed by atoms with van der Waals surface area (Å²) in [6, 6.07) is -1.29. The number of aliphatic hydroxyl groups excluding tert-OH is 1. The molecule has 1 aliphatic carbocycles. The van der Waals surface area contributed by atoms with Crippen LogP contribution in [-0.2, 0) is 23.9 Å². The first-order chi connectivity index (χ1) is 17.9. The fraction of sp³-hybridized carbons (Fsp3) is 0.759. The van der Waals surface area contributed by atoms with Crippen LogP contribution in [0.15, 0.2) is 25.3 Å². The van der Waals surface area contributed by atoms with Crippen molar-refractivity contribution in [1.82, 2.24) is 9.80 Å². The standard InChI is InChI=1S/C29H44N2O6/c1-4-7-8-12-18-36-28(35)23-22-15-16-29(37-22)24(23)26(33)31(20(6-3)19-32)25(29)27(34)30(17-5-2)21-13-10-9-11-14-21/h4-5,20-25,32H,1-2,6-19H2,3H3/t20-,22+,23-,24-,25?,29?/m0/s1. The zero-order chi connectivity index (χ0) is 26.6. The van der Waals surface area contributed by atoms with Gasteiger partial charge in [-0.1, -0.05) is 38.3 Å². The van der Waals surface area contributed by atoms with Gasteiger partial charge in [0.1, 0.15) is 11.6 Å². The van der Waals surface area contributed by atoms with Gasteiger partial charge in [-0.05, 0) is 51.4 Å². The maximum absolute atomic E-state index is 14.4. The monoisotopic (exact) mass is 516 g/mol. The summed E-state index contributed by atoms with van der Waals surface area (Å²) in [5.41, 5.74) is -1.07. The van der Waals surface area contributed by atoms with Crippen LogP contribution in [0.1, 0.15) is 77.6 Å². The molecule has 2 bridgehead atoms. The van der Waals surface area contributed by atoms with Gasteiger partial charge in [0.15, 0.2) is 0 Å². The summed E-state index contributed by atoms with van der Waals surface area (Å²) < 4.78 is 12.1. The van der Waals surface area contributed by atoms with Crippen LogP contribution in [0.3, 0.4) is 0 Å². The smallest absolute Gasteiger partial charge is 0.312 e. The third kappa shape index (κ3) is 4.99. The lowest BCUT2D eigenvalue weighted by atomic mass is 9.70. The van der Waals surface area contributed by atoms with Gasteiger partial charge in [-0.2, -0.15) is 0 Å². The molecule has 1 saturated carbocycles. The number of fused-ring (bicyclic) bond motifs is 1. The molecule has 0 aromatic carbocycles. The van der Waals surface area contributed by atoms with Crippen LogP contribution >= 0.6 is 0 Å². The van der Waals surface area contributed by atoms with Crippen LogP contribution in [0.2, 0.25) is 0 Å². The second kappa shape index (κ2) is 12.1. The Morgan fingerprint density at radius 3 is 2.62 bits per heavy atom. The van der Waals surface area contributed by atoms with Crippen molar-refractivity contribution in [3.05, 3.63) is 25.3 Å². The van der Waals surface area contributed by atoms with E-state index in [-0.39, 0.29) is 24.5 Å². The van der Waals surface area contributed by atoms with Crippen LogP contribution in [0.4, 0.5) is 0 Å². The fourth-order valence-corrected chi connectivity index (χ4v) is 7.21. The number of nitrogens with zero attached hydrogens (tertiary/aromatic N) is 2. The quantitative estimate of drug-likeness (QED) is 0.229. The van der Waals surface area contributed by atoms with E-state index < -0.39 is 41.6 Å². The lowest BCUT2D eigenvalue weighted by Gasteiger charge is -2.42. The molecular formula is C29H44N2O6. The van der Waals surface area contributed by atoms with Gasteiger partial charge >= 0.3 is 5.97 Å². The molecule has 6 atom stereocenters. The molecule has 0 aromatic heterocycles. The van der Waals surface area contributed by atoms with E-state index in [1.54, 1.807) is 11.0 Å². The minimum absolute atomic E-state index is 0.0933. The summed E-state index contributed by atoms with van der Waals surface area (Å²) in [5.74, 6) is -2.31. The number of ether oxygens (including phenoxy) is 2. The average molecular weight is 517 g/mol. The highest BCUT2D eigenvalue weighted by molar-refractivity contribution is 5.98. The van der Waals surface area contributed by atoms with Crippen LogP contribution in [-0.4, -0.2) is 82.3 Å². The number of likely N-dealkylation sites (tertiary alicyclic amines) is 1. The zero-order valence-electron chi connectivity index (χ0n) is 22.3. The minimum atomic E-state index is -1.07. The molecule has 2 unspecified atom stereocenters. The molecule has 8 heteroatoms. The summed E-state index contributed by atoms with van der Waals surface area (Å²) in [6.07, 6.45) is 12.4. The molecule has 3 saturated heterocycles. The van der Waals surface area contributed by atoms with Gasteiger partial charge in [0, 0.05) is 12.6 Å². The Hall–Kier alpha value is -2.19. The van der Waals surface area contributed by atoms with E-state index >= 15 is 0 Å². The molecule has 4 fully saturated rings. The number of hydrogen-bond donors (Lipinski definition) is 1. The van der Waals surface area contributed by atoms with Crippen LogP contribution in [0, 0.1) is 11.8 Å². The molecule has 37 heavy (non-hydrogen) atoms. The Bertz CT molecular complexity index is 866. The minimum Gasteiger partial charge on any atom is -0.465 e. The molecule has 8 nitrogen and oxygen atoms in total. The van der Waals surface area contributed by atoms with E-state index in [0.717, 1.165) is 51.4 Å². The molecule has 2 amide bonds. The maximum Gasteiger partial charge on any atom is 0.312 e. The van der Waals surface area contributed by atoms with Crippen LogP contribution < -0.4 is 0 Å². The van der Waals surface area contributed by atoms with E-state index in [9.17, 15) is 19.5 Å². The van der Waals surface area contributed by atoms with Gasteiger partial charge in [0.2, 0.25) is 11.8 Å². The summed E-state index contributed by atoms with van der Waals surface area (Å²) in [6.45, 7) is 9.95. The van der Waals surface area contributed by atoms with Crippen molar-refractivity contribution in [1.29, 1.82) is 0 Å². The van der Waals surface area contributed by atoms with Gasteiger partial charge in [0.25, 0.3) is 0 Å².